The SMILES string of the molecule is CCOC(=O)c1ccc(N=c2scc(-c3ccc4c(c3)NC(=O)CO4)n2C2CCCCC2C)cc1. The fourth-order valence-electron chi connectivity index (χ4n) is 4.85. The standard InChI is InChI=1S/C27H29N3O4S/c1-3-33-26(32)18-8-11-20(12-9-18)28-27-30(22-7-5-4-6-17(22)2)23(16-35-27)19-10-13-24-21(14-19)29-25(31)15-34-24/h8-14,16-17,22H,3-7,15H2,1-2H3,(H,29,31). The molecule has 1 N–H and O–H groups in total. The highest BCUT2D eigenvalue weighted by Crippen LogP contribution is 2.38. The zero-order valence-electron chi connectivity index (χ0n) is 20.0. The molecule has 0 radical (unpaired) electrons. The zero-order chi connectivity index (χ0) is 24.4. The molecular weight excluding hydrogens is 462 g/mol. The summed E-state index contributed by atoms with van der Waals surface area (Å²) in [7, 11) is 0. The van der Waals surface area contributed by atoms with Crippen LogP contribution in [0.1, 0.15) is 55.9 Å². The van der Waals surface area contributed by atoms with Gasteiger partial charge < -0.3 is 19.4 Å². The van der Waals surface area contributed by atoms with Crippen LogP contribution < -0.4 is 14.9 Å². The molecule has 1 saturated carbocycles. The van der Waals surface area contributed by atoms with Crippen molar-refractivity contribution in [2.45, 2.75) is 45.6 Å². The van der Waals surface area contributed by atoms with Crippen molar-refractivity contribution in [2.75, 3.05) is 18.5 Å². The molecule has 1 amide bonds. The first-order valence-corrected chi connectivity index (χ1v) is 13.0. The first kappa shape index (κ1) is 23.4. The van der Waals surface area contributed by atoms with Crippen LogP contribution in [0.3, 0.4) is 0 Å². The molecule has 0 spiro atoms. The number of carbonyl (C=O) groups excluding carboxylic acids is 2. The summed E-state index contributed by atoms with van der Waals surface area (Å²) < 4.78 is 13.0. The molecule has 5 rings (SSSR count). The van der Waals surface area contributed by atoms with Gasteiger partial charge in [-0.1, -0.05) is 19.8 Å². The summed E-state index contributed by atoms with van der Waals surface area (Å²) in [6, 6.07) is 13.5. The Labute approximate surface area is 208 Å². The third kappa shape index (κ3) is 4.89. The molecule has 8 heteroatoms. The maximum absolute atomic E-state index is 12.0. The lowest BCUT2D eigenvalue weighted by Crippen LogP contribution is -2.29. The number of hydrogen-bond acceptors (Lipinski definition) is 6. The van der Waals surface area contributed by atoms with Crippen molar-refractivity contribution in [1.82, 2.24) is 4.57 Å². The molecule has 2 aromatic carbocycles. The molecule has 7 nitrogen and oxygen atoms in total. The lowest BCUT2D eigenvalue weighted by molar-refractivity contribution is -0.118. The number of esters is 1. The van der Waals surface area contributed by atoms with Gasteiger partial charge in [-0.05, 0) is 68.1 Å². The predicted molar refractivity (Wildman–Crippen MR) is 136 cm³/mol. The Morgan fingerprint density at radius 3 is 2.77 bits per heavy atom. The number of hydrogen-bond donors (Lipinski definition) is 1. The van der Waals surface area contributed by atoms with Crippen molar-refractivity contribution in [2.24, 2.45) is 10.9 Å². The second kappa shape index (κ2) is 10.1. The Bertz CT molecular complexity index is 1310. The van der Waals surface area contributed by atoms with Gasteiger partial charge >= 0.3 is 5.97 Å². The van der Waals surface area contributed by atoms with E-state index in [0.29, 0.717) is 35.6 Å². The summed E-state index contributed by atoms with van der Waals surface area (Å²) >= 11 is 1.60. The normalized spacial score (nSPS) is 20.1. The highest BCUT2D eigenvalue weighted by atomic mass is 32.1. The fraction of sp³-hybridized carbons (Fsp3) is 0.370. The minimum Gasteiger partial charge on any atom is -0.482 e. The number of amides is 1. The number of anilines is 1. The molecule has 0 saturated heterocycles. The average Bonchev–Trinajstić information content (AvgIpc) is 3.27. The summed E-state index contributed by atoms with van der Waals surface area (Å²) in [5.74, 6) is 0.749. The van der Waals surface area contributed by atoms with Gasteiger partial charge in [0.2, 0.25) is 0 Å². The summed E-state index contributed by atoms with van der Waals surface area (Å²) in [5.41, 5.74) is 4.10. The number of thiazole rings is 1. The van der Waals surface area contributed by atoms with Crippen LogP contribution in [0.4, 0.5) is 11.4 Å². The van der Waals surface area contributed by atoms with E-state index in [0.717, 1.165) is 28.2 Å². The van der Waals surface area contributed by atoms with Crippen LogP contribution in [0.2, 0.25) is 0 Å². The first-order chi connectivity index (χ1) is 17.0. The minimum absolute atomic E-state index is 0.0440. The van der Waals surface area contributed by atoms with Crippen LogP contribution in [0.15, 0.2) is 52.8 Å². The molecule has 1 aliphatic heterocycles. The van der Waals surface area contributed by atoms with Gasteiger partial charge in [0.25, 0.3) is 5.91 Å². The first-order valence-electron chi connectivity index (χ1n) is 12.1. The van der Waals surface area contributed by atoms with E-state index >= 15 is 0 Å². The smallest absolute Gasteiger partial charge is 0.338 e. The molecule has 182 valence electrons. The summed E-state index contributed by atoms with van der Waals surface area (Å²) in [4.78, 5) is 29.8. The van der Waals surface area contributed by atoms with Crippen molar-refractivity contribution in [1.29, 1.82) is 0 Å². The number of rotatable bonds is 5. The van der Waals surface area contributed by atoms with Crippen molar-refractivity contribution in [3.63, 3.8) is 0 Å². The van der Waals surface area contributed by atoms with Crippen LogP contribution in [0.25, 0.3) is 11.3 Å². The van der Waals surface area contributed by atoms with Crippen molar-refractivity contribution in [3.8, 4) is 17.0 Å². The van der Waals surface area contributed by atoms with Crippen LogP contribution in [-0.4, -0.2) is 29.7 Å². The van der Waals surface area contributed by atoms with Gasteiger partial charge in [0.05, 0.1) is 29.2 Å². The van der Waals surface area contributed by atoms with Gasteiger partial charge in [-0.2, -0.15) is 0 Å². The number of benzene rings is 2. The highest BCUT2D eigenvalue weighted by molar-refractivity contribution is 7.07. The van der Waals surface area contributed by atoms with Gasteiger partial charge in [-0.3, -0.25) is 4.79 Å². The quantitative estimate of drug-likeness (QED) is 0.464. The number of nitrogens with zero attached hydrogens (tertiary/aromatic N) is 2. The van der Waals surface area contributed by atoms with E-state index in [4.69, 9.17) is 14.5 Å². The average molecular weight is 492 g/mol. The molecular formula is C27H29N3O4S. The molecule has 1 aromatic heterocycles. The Morgan fingerprint density at radius 2 is 2.00 bits per heavy atom. The van der Waals surface area contributed by atoms with E-state index in [2.05, 4.69) is 22.2 Å². The van der Waals surface area contributed by atoms with Crippen molar-refractivity contribution in [3.05, 3.63) is 58.2 Å². The minimum atomic E-state index is -0.327. The van der Waals surface area contributed by atoms with Gasteiger partial charge in [0.1, 0.15) is 5.75 Å². The molecule has 1 fully saturated rings. The highest BCUT2D eigenvalue weighted by Gasteiger charge is 2.27. The Morgan fingerprint density at radius 1 is 1.20 bits per heavy atom. The lowest BCUT2D eigenvalue weighted by atomic mass is 9.85. The summed E-state index contributed by atoms with van der Waals surface area (Å²) in [5, 5.41) is 5.06. The largest absolute Gasteiger partial charge is 0.482 e. The van der Waals surface area contributed by atoms with E-state index in [9.17, 15) is 9.59 Å². The third-order valence-corrected chi connectivity index (χ3v) is 7.49. The van der Waals surface area contributed by atoms with Crippen LogP contribution >= 0.6 is 11.3 Å². The van der Waals surface area contributed by atoms with E-state index in [1.807, 2.05) is 30.3 Å². The Balaban J connectivity index is 1.57. The van der Waals surface area contributed by atoms with E-state index in [1.165, 1.54) is 19.3 Å². The molecule has 1 aliphatic carbocycles. The molecule has 2 unspecified atom stereocenters. The molecule has 2 atom stereocenters. The second-order valence-electron chi connectivity index (χ2n) is 9.03. The maximum atomic E-state index is 12.0. The molecule has 2 heterocycles. The van der Waals surface area contributed by atoms with Crippen molar-refractivity contribution >= 4 is 34.6 Å². The Kier molecular flexibility index (Phi) is 6.72. The van der Waals surface area contributed by atoms with Crippen molar-refractivity contribution < 1.29 is 19.1 Å². The predicted octanol–water partition coefficient (Wildman–Crippen LogP) is 5.71. The van der Waals surface area contributed by atoms with Gasteiger partial charge in [0, 0.05) is 17.0 Å². The lowest BCUT2D eigenvalue weighted by Gasteiger charge is -2.31. The molecule has 2 aliphatic rings. The molecule has 0 bridgehead atoms. The van der Waals surface area contributed by atoms with Crippen LogP contribution in [-0.2, 0) is 9.53 Å². The second-order valence-corrected chi connectivity index (χ2v) is 9.87. The number of fused-ring (bicyclic) bond motifs is 1. The van der Waals surface area contributed by atoms with E-state index in [-0.39, 0.29) is 18.5 Å². The third-order valence-electron chi connectivity index (χ3n) is 6.65. The van der Waals surface area contributed by atoms with Crippen LogP contribution in [0.5, 0.6) is 5.75 Å². The number of ether oxygens (including phenoxy) is 2. The molecule has 35 heavy (non-hydrogen) atoms. The number of carbonyl (C=O) groups is 2. The van der Waals surface area contributed by atoms with E-state index < -0.39 is 0 Å². The Hall–Kier alpha value is -3.39. The van der Waals surface area contributed by atoms with E-state index in [1.54, 1.807) is 30.4 Å². The summed E-state index contributed by atoms with van der Waals surface area (Å²) in [6.07, 6.45) is 4.74. The monoisotopic (exact) mass is 491 g/mol. The van der Waals surface area contributed by atoms with Gasteiger partial charge in [-0.25, -0.2) is 9.79 Å². The zero-order valence-corrected chi connectivity index (χ0v) is 20.8. The maximum Gasteiger partial charge on any atom is 0.338 e. The number of nitrogens with one attached hydrogen (secondary N) is 1. The summed E-state index contributed by atoms with van der Waals surface area (Å²) in [6.45, 7) is 4.50. The van der Waals surface area contributed by atoms with Gasteiger partial charge in [-0.15, -0.1) is 11.3 Å². The number of aromatic nitrogens is 1. The topological polar surface area (TPSA) is 81.9 Å². The molecule has 3 aromatic rings. The fourth-order valence-corrected chi connectivity index (χ4v) is 5.82. The van der Waals surface area contributed by atoms with Crippen LogP contribution in [0, 0.1) is 5.92 Å². The van der Waals surface area contributed by atoms with Gasteiger partial charge in [0.15, 0.2) is 11.4 Å².